The fourth-order valence-corrected chi connectivity index (χ4v) is 5.57. The van der Waals surface area contributed by atoms with E-state index in [2.05, 4.69) is 108 Å². The van der Waals surface area contributed by atoms with Gasteiger partial charge in [-0.1, -0.05) is 133 Å². The summed E-state index contributed by atoms with van der Waals surface area (Å²) in [6, 6.07) is 55.8. The van der Waals surface area contributed by atoms with Gasteiger partial charge >= 0.3 is 0 Å². The van der Waals surface area contributed by atoms with Crippen molar-refractivity contribution in [1.29, 1.82) is 0 Å². The first kappa shape index (κ1) is 26.5. The molecule has 0 aliphatic heterocycles. The Balaban J connectivity index is 1.14. The Bertz CT molecular complexity index is 2220. The van der Waals surface area contributed by atoms with Gasteiger partial charge in [-0.15, -0.1) is 0 Å². The smallest absolute Gasteiger partial charge is 0.227 e. The minimum Gasteiger partial charge on any atom is -0.436 e. The van der Waals surface area contributed by atoms with Crippen molar-refractivity contribution >= 4 is 11.1 Å². The highest BCUT2D eigenvalue weighted by Gasteiger charge is 2.13. The maximum absolute atomic E-state index is 6.12. The Kier molecular flexibility index (Phi) is 6.78. The topological polar surface area (TPSA) is 51.8 Å². The average Bonchev–Trinajstić information content (AvgIpc) is 3.57. The van der Waals surface area contributed by atoms with Crippen molar-refractivity contribution in [3.8, 4) is 67.6 Å². The number of hydrogen-bond acceptors (Lipinski definition) is 4. The van der Waals surface area contributed by atoms with Crippen LogP contribution in [0.25, 0.3) is 78.7 Å². The zero-order valence-corrected chi connectivity index (χ0v) is 24.3. The fourth-order valence-electron chi connectivity index (χ4n) is 5.57. The van der Waals surface area contributed by atoms with Crippen LogP contribution in [-0.2, 0) is 0 Å². The summed E-state index contributed by atoms with van der Waals surface area (Å²) in [7, 11) is 0. The number of rotatable bonds is 6. The van der Waals surface area contributed by atoms with Gasteiger partial charge in [0.05, 0.1) is 11.4 Å². The molecule has 0 radical (unpaired) electrons. The highest BCUT2D eigenvalue weighted by molar-refractivity contribution is 5.83. The van der Waals surface area contributed by atoms with Crippen LogP contribution in [-0.4, -0.2) is 15.0 Å². The summed E-state index contributed by atoms with van der Waals surface area (Å²) in [5, 5.41) is 0. The van der Waals surface area contributed by atoms with Crippen molar-refractivity contribution in [2.75, 3.05) is 0 Å². The van der Waals surface area contributed by atoms with Crippen LogP contribution in [0.5, 0.6) is 0 Å². The van der Waals surface area contributed by atoms with Gasteiger partial charge in [0.1, 0.15) is 5.52 Å². The molecule has 4 nitrogen and oxygen atoms in total. The third-order valence-corrected chi connectivity index (χ3v) is 7.97. The predicted molar refractivity (Wildman–Crippen MR) is 182 cm³/mol. The maximum Gasteiger partial charge on any atom is 0.227 e. The summed E-state index contributed by atoms with van der Waals surface area (Å²) in [5.74, 6) is 1.32. The Morgan fingerprint density at radius 1 is 0.333 bits per heavy atom. The number of hydrogen-bond donors (Lipinski definition) is 0. The second kappa shape index (κ2) is 11.5. The molecule has 6 aromatic carbocycles. The van der Waals surface area contributed by atoms with Crippen LogP contribution < -0.4 is 0 Å². The number of aromatic nitrogens is 3. The predicted octanol–water partition coefficient (Wildman–Crippen LogP) is 10.6. The summed E-state index contributed by atoms with van der Waals surface area (Å²) in [6.45, 7) is 0. The molecule has 0 aliphatic rings. The van der Waals surface area contributed by atoms with Gasteiger partial charge in [-0.3, -0.25) is 0 Å². The van der Waals surface area contributed by atoms with E-state index in [1.807, 2.05) is 60.7 Å². The highest BCUT2D eigenvalue weighted by atomic mass is 16.3. The molecule has 2 aromatic heterocycles. The molecule has 212 valence electrons. The Hall–Kier alpha value is -6.13. The Labute approximate surface area is 261 Å². The van der Waals surface area contributed by atoms with Gasteiger partial charge in [-0.25, -0.2) is 15.0 Å². The minimum absolute atomic E-state index is 0.626. The number of benzene rings is 6. The van der Waals surface area contributed by atoms with Gasteiger partial charge in [0, 0.05) is 22.3 Å². The van der Waals surface area contributed by atoms with Gasteiger partial charge in [0.15, 0.2) is 11.4 Å². The van der Waals surface area contributed by atoms with Gasteiger partial charge in [0.2, 0.25) is 5.89 Å². The van der Waals surface area contributed by atoms with Crippen LogP contribution in [0.15, 0.2) is 168 Å². The van der Waals surface area contributed by atoms with Gasteiger partial charge in [0.25, 0.3) is 0 Å². The summed E-state index contributed by atoms with van der Waals surface area (Å²) < 4.78 is 6.12. The molecule has 0 saturated carbocycles. The van der Waals surface area contributed by atoms with Gasteiger partial charge < -0.3 is 4.42 Å². The molecule has 0 unspecified atom stereocenters. The number of fused-ring (bicyclic) bond motifs is 1. The molecule has 45 heavy (non-hydrogen) atoms. The second-order valence-electron chi connectivity index (χ2n) is 10.9. The van der Waals surface area contributed by atoms with Crippen LogP contribution in [0, 0.1) is 0 Å². The van der Waals surface area contributed by atoms with E-state index in [9.17, 15) is 0 Å². The first-order chi connectivity index (χ1) is 22.3. The Morgan fingerprint density at radius 3 is 1.40 bits per heavy atom. The van der Waals surface area contributed by atoms with Crippen molar-refractivity contribution < 1.29 is 4.42 Å². The molecule has 0 atom stereocenters. The third-order valence-electron chi connectivity index (χ3n) is 7.97. The summed E-state index contributed by atoms with van der Waals surface area (Å²) in [6.07, 6.45) is 0. The van der Waals surface area contributed by atoms with E-state index in [0.29, 0.717) is 11.7 Å². The van der Waals surface area contributed by atoms with Crippen LogP contribution >= 0.6 is 0 Å². The quantitative estimate of drug-likeness (QED) is 0.197. The van der Waals surface area contributed by atoms with Crippen LogP contribution in [0.2, 0.25) is 0 Å². The van der Waals surface area contributed by atoms with Crippen molar-refractivity contribution in [2.45, 2.75) is 0 Å². The molecule has 2 heterocycles. The molecule has 0 spiro atoms. The van der Waals surface area contributed by atoms with Crippen molar-refractivity contribution in [3.05, 3.63) is 164 Å². The average molecular weight is 578 g/mol. The lowest BCUT2D eigenvalue weighted by Crippen LogP contribution is -1.96. The molecule has 0 amide bonds. The third kappa shape index (κ3) is 5.41. The van der Waals surface area contributed by atoms with E-state index >= 15 is 0 Å². The van der Waals surface area contributed by atoms with Crippen molar-refractivity contribution in [1.82, 2.24) is 15.0 Å². The Morgan fingerprint density at radius 2 is 0.778 bits per heavy atom. The molecule has 8 aromatic rings. The molecular formula is C41H27N3O. The molecule has 0 aliphatic carbocycles. The molecule has 4 heteroatoms. The fraction of sp³-hybridized carbons (Fsp3) is 0. The first-order valence-electron chi connectivity index (χ1n) is 14.9. The summed E-state index contributed by atoms with van der Waals surface area (Å²) in [4.78, 5) is 14.7. The highest BCUT2D eigenvalue weighted by Crippen LogP contribution is 2.32. The normalized spacial score (nSPS) is 11.1. The van der Waals surface area contributed by atoms with Gasteiger partial charge in [-0.2, -0.15) is 0 Å². The molecular weight excluding hydrogens is 550 g/mol. The maximum atomic E-state index is 6.12. The zero-order valence-electron chi connectivity index (χ0n) is 24.3. The molecule has 0 bridgehead atoms. The van der Waals surface area contributed by atoms with Crippen molar-refractivity contribution in [3.63, 3.8) is 0 Å². The second-order valence-corrected chi connectivity index (χ2v) is 10.9. The van der Waals surface area contributed by atoms with Crippen molar-refractivity contribution in [2.24, 2.45) is 0 Å². The zero-order chi connectivity index (χ0) is 30.0. The SMILES string of the molecule is c1ccc(-c2ccc(-c3nc(-c4ccccc4)cc(-c4ccc(-c5ccc6nc(-c7ccccc7)oc6c5)cc4)n3)cc2)cc1. The molecule has 8 rings (SSSR count). The first-order valence-corrected chi connectivity index (χ1v) is 14.9. The standard InChI is InChI=1S/C41H27N3O/c1-4-10-28(11-5-1)29-18-22-33(23-19-29)40-42-37(31-12-6-2-7-13-31)27-38(43-40)32-20-16-30(17-21-32)35-24-25-36-39(26-35)45-41(44-36)34-14-8-3-9-15-34/h1-27H. The van der Waals surface area contributed by atoms with Crippen LogP contribution in [0.3, 0.4) is 0 Å². The van der Waals surface area contributed by atoms with Crippen LogP contribution in [0.1, 0.15) is 0 Å². The van der Waals surface area contributed by atoms with E-state index in [1.54, 1.807) is 0 Å². The minimum atomic E-state index is 0.626. The lowest BCUT2D eigenvalue weighted by atomic mass is 10.0. The largest absolute Gasteiger partial charge is 0.436 e. The number of oxazole rings is 1. The summed E-state index contributed by atoms with van der Waals surface area (Å²) in [5.41, 5.74) is 11.9. The number of nitrogens with zero attached hydrogens (tertiary/aromatic N) is 3. The molecule has 0 N–H and O–H groups in total. The van der Waals surface area contributed by atoms with E-state index in [0.717, 1.165) is 61.4 Å². The van der Waals surface area contributed by atoms with Crippen LogP contribution in [0.4, 0.5) is 0 Å². The lowest BCUT2D eigenvalue weighted by Gasteiger charge is -2.11. The molecule has 0 fully saturated rings. The van der Waals surface area contributed by atoms with E-state index < -0.39 is 0 Å². The lowest BCUT2D eigenvalue weighted by molar-refractivity contribution is 0.620. The van der Waals surface area contributed by atoms with E-state index in [1.165, 1.54) is 5.56 Å². The van der Waals surface area contributed by atoms with E-state index in [-0.39, 0.29) is 0 Å². The van der Waals surface area contributed by atoms with Gasteiger partial charge in [-0.05, 0) is 52.6 Å². The van der Waals surface area contributed by atoms with E-state index in [4.69, 9.17) is 14.4 Å². The monoisotopic (exact) mass is 577 g/mol. The molecule has 0 saturated heterocycles. The summed E-state index contributed by atoms with van der Waals surface area (Å²) >= 11 is 0.